The van der Waals surface area contributed by atoms with Crippen LogP contribution in [0.4, 0.5) is 0 Å². The standard InChI is InChI=1S/C33H50O8P2/c1-7-11-13-27-15-17-32(30(19-27)26(6)10-4)41-43(35)38-23-33(24-39-43)21-36-42(34,37-22-33)40-31-18-16-28(25(5)9-3)20-29(31)14-12-8-2/h15-20,25-26H,7-14,21-24H2,1-6H3. The first-order chi connectivity index (χ1) is 20.6. The minimum absolute atomic E-state index is 0.0167. The van der Waals surface area contributed by atoms with Crippen molar-refractivity contribution in [1.82, 2.24) is 0 Å². The van der Waals surface area contributed by atoms with Crippen LogP contribution in [0.1, 0.15) is 114 Å². The summed E-state index contributed by atoms with van der Waals surface area (Å²) in [4.78, 5) is 0. The molecule has 8 nitrogen and oxygen atoms in total. The molecule has 0 amide bonds. The molecule has 2 aromatic rings. The van der Waals surface area contributed by atoms with Gasteiger partial charge in [-0.15, -0.1) is 0 Å². The fraction of sp³-hybridized carbons (Fsp3) is 0.636. The number of hydrogen-bond donors (Lipinski definition) is 0. The van der Waals surface area contributed by atoms with E-state index in [4.69, 9.17) is 27.1 Å². The third-order valence-corrected chi connectivity index (χ3v) is 11.3. The fourth-order valence-electron chi connectivity index (χ4n) is 5.15. The average molecular weight is 637 g/mol. The largest absolute Gasteiger partial charge is 0.530 e. The first-order valence-electron chi connectivity index (χ1n) is 16.0. The number of rotatable bonds is 14. The number of hydrogen-bond acceptors (Lipinski definition) is 8. The molecule has 2 aromatic carbocycles. The van der Waals surface area contributed by atoms with Crippen molar-refractivity contribution < 1.29 is 36.3 Å². The highest BCUT2D eigenvalue weighted by atomic mass is 31.2. The zero-order valence-corrected chi connectivity index (χ0v) is 28.6. The Morgan fingerprint density at radius 3 is 1.81 bits per heavy atom. The lowest BCUT2D eigenvalue weighted by atomic mass is 9.93. The maximum atomic E-state index is 13.5. The van der Waals surface area contributed by atoms with Crippen molar-refractivity contribution in [3.8, 4) is 11.5 Å². The molecule has 0 saturated carbocycles. The summed E-state index contributed by atoms with van der Waals surface area (Å²) in [5.41, 5.74) is 3.69. The summed E-state index contributed by atoms with van der Waals surface area (Å²) in [5.74, 6) is 1.68. The Kier molecular flexibility index (Phi) is 12.0. The molecule has 4 rings (SSSR count). The molecule has 1 spiro atoms. The van der Waals surface area contributed by atoms with Crippen LogP contribution in [0.2, 0.25) is 0 Å². The fourth-order valence-corrected chi connectivity index (χ4v) is 8.06. The van der Waals surface area contributed by atoms with E-state index in [0.29, 0.717) is 17.4 Å². The average Bonchev–Trinajstić information content (AvgIpc) is 3.02. The molecule has 240 valence electrons. The SMILES string of the molecule is CCCCc1ccc(OP2(=O)OCC3(COP(=O)(Oc4ccc(C(C)CC)cc4CCCC)OC3)CO2)c(C(C)CC)c1. The number of benzene rings is 2. The van der Waals surface area contributed by atoms with Crippen molar-refractivity contribution in [2.45, 2.75) is 105 Å². The van der Waals surface area contributed by atoms with Gasteiger partial charge in [-0.1, -0.05) is 78.6 Å². The molecule has 0 bridgehead atoms. The van der Waals surface area contributed by atoms with Gasteiger partial charge in [0.05, 0.1) is 31.8 Å². The van der Waals surface area contributed by atoms with Gasteiger partial charge >= 0.3 is 15.6 Å². The topological polar surface area (TPSA) is 89.5 Å². The highest BCUT2D eigenvalue weighted by molar-refractivity contribution is 7.49. The molecule has 0 aliphatic carbocycles. The monoisotopic (exact) mass is 636 g/mol. The van der Waals surface area contributed by atoms with Crippen molar-refractivity contribution in [1.29, 1.82) is 0 Å². The third kappa shape index (κ3) is 8.75. The maximum Gasteiger partial charge on any atom is 0.530 e. The number of aryl methyl sites for hydroxylation is 2. The van der Waals surface area contributed by atoms with E-state index in [2.05, 4.69) is 53.7 Å². The van der Waals surface area contributed by atoms with Gasteiger partial charge in [-0.2, -0.15) is 0 Å². The molecular weight excluding hydrogens is 586 g/mol. The molecule has 2 fully saturated rings. The summed E-state index contributed by atoms with van der Waals surface area (Å²) >= 11 is 0. The molecule has 0 N–H and O–H groups in total. The predicted octanol–water partition coefficient (Wildman–Crippen LogP) is 10.2. The Morgan fingerprint density at radius 2 is 1.26 bits per heavy atom. The second-order valence-electron chi connectivity index (χ2n) is 12.2. The molecule has 0 radical (unpaired) electrons. The van der Waals surface area contributed by atoms with Gasteiger partial charge in [0, 0.05) is 0 Å². The lowest BCUT2D eigenvalue weighted by Crippen LogP contribution is -2.46. The molecule has 2 heterocycles. The summed E-state index contributed by atoms with van der Waals surface area (Å²) in [6.07, 6.45) is 8.02. The molecule has 10 heteroatoms. The van der Waals surface area contributed by atoms with Gasteiger partial charge in [0.25, 0.3) is 0 Å². The number of unbranched alkanes of at least 4 members (excludes halogenated alkanes) is 2. The van der Waals surface area contributed by atoms with Crippen LogP contribution in [0.5, 0.6) is 11.5 Å². The van der Waals surface area contributed by atoms with Crippen LogP contribution in [0.25, 0.3) is 0 Å². The minimum Gasteiger partial charge on any atom is -0.404 e. The van der Waals surface area contributed by atoms with Crippen LogP contribution < -0.4 is 9.05 Å². The van der Waals surface area contributed by atoms with E-state index < -0.39 is 21.1 Å². The quantitative estimate of drug-likeness (QED) is 0.189. The Morgan fingerprint density at radius 1 is 0.721 bits per heavy atom. The van der Waals surface area contributed by atoms with Gasteiger partial charge in [0.15, 0.2) is 0 Å². The molecule has 2 unspecified atom stereocenters. The van der Waals surface area contributed by atoms with Gasteiger partial charge < -0.3 is 9.05 Å². The smallest absolute Gasteiger partial charge is 0.404 e. The molecule has 0 aromatic heterocycles. The Balaban J connectivity index is 1.39. The van der Waals surface area contributed by atoms with Gasteiger partial charge in [0.1, 0.15) is 11.5 Å². The van der Waals surface area contributed by atoms with Gasteiger partial charge in [-0.25, -0.2) is 9.13 Å². The third-order valence-electron chi connectivity index (χ3n) is 8.64. The zero-order chi connectivity index (χ0) is 31.1. The van der Waals surface area contributed by atoms with E-state index in [1.165, 1.54) is 11.1 Å². The molecule has 2 aliphatic heterocycles. The lowest BCUT2D eigenvalue weighted by Gasteiger charge is -2.41. The van der Waals surface area contributed by atoms with Crippen LogP contribution in [-0.2, 0) is 40.1 Å². The van der Waals surface area contributed by atoms with E-state index in [-0.39, 0.29) is 32.3 Å². The first kappa shape index (κ1) is 34.2. The van der Waals surface area contributed by atoms with Crippen molar-refractivity contribution >= 4 is 15.6 Å². The van der Waals surface area contributed by atoms with E-state index in [0.717, 1.165) is 62.5 Å². The van der Waals surface area contributed by atoms with Gasteiger partial charge in [0.2, 0.25) is 0 Å². The molecule has 43 heavy (non-hydrogen) atoms. The highest BCUT2D eigenvalue weighted by Crippen LogP contribution is 2.60. The number of phosphoric acid groups is 2. The summed E-state index contributed by atoms with van der Waals surface area (Å²) < 4.78 is 61.8. The van der Waals surface area contributed by atoms with Crippen LogP contribution in [0, 0.1) is 5.41 Å². The van der Waals surface area contributed by atoms with E-state index >= 15 is 0 Å². The molecule has 2 saturated heterocycles. The predicted molar refractivity (Wildman–Crippen MR) is 170 cm³/mol. The van der Waals surface area contributed by atoms with E-state index in [1.807, 2.05) is 24.3 Å². The Bertz CT molecular complexity index is 1290. The summed E-state index contributed by atoms with van der Waals surface area (Å²) in [5, 5.41) is 0. The first-order valence-corrected chi connectivity index (χ1v) is 18.9. The number of phosphoric ester groups is 2. The van der Waals surface area contributed by atoms with Crippen LogP contribution in [0.15, 0.2) is 36.4 Å². The maximum absolute atomic E-state index is 13.5. The van der Waals surface area contributed by atoms with Crippen LogP contribution >= 0.6 is 15.6 Å². The van der Waals surface area contributed by atoms with E-state index in [9.17, 15) is 9.13 Å². The van der Waals surface area contributed by atoms with Crippen LogP contribution in [0.3, 0.4) is 0 Å². The Labute approximate surface area is 258 Å². The summed E-state index contributed by atoms with van der Waals surface area (Å²) in [7, 11) is -7.74. The second-order valence-corrected chi connectivity index (χ2v) is 15.4. The van der Waals surface area contributed by atoms with Gasteiger partial charge in [-0.3, -0.25) is 18.1 Å². The minimum atomic E-state index is -3.87. The molecule has 2 atom stereocenters. The molecular formula is C33H50O8P2. The van der Waals surface area contributed by atoms with Crippen molar-refractivity contribution in [3.05, 3.63) is 58.7 Å². The Hall–Kier alpha value is -1.66. The second kappa shape index (κ2) is 15.1. The van der Waals surface area contributed by atoms with Crippen molar-refractivity contribution in [3.63, 3.8) is 0 Å². The van der Waals surface area contributed by atoms with Crippen molar-refractivity contribution in [2.24, 2.45) is 5.41 Å². The van der Waals surface area contributed by atoms with E-state index in [1.54, 1.807) is 0 Å². The van der Waals surface area contributed by atoms with Crippen molar-refractivity contribution in [2.75, 3.05) is 26.4 Å². The lowest BCUT2D eigenvalue weighted by molar-refractivity contribution is -0.0854. The van der Waals surface area contributed by atoms with Crippen LogP contribution in [-0.4, -0.2) is 26.4 Å². The summed E-state index contributed by atoms with van der Waals surface area (Å²) in [6, 6.07) is 12.1. The summed E-state index contributed by atoms with van der Waals surface area (Å²) in [6.45, 7) is 13.0. The highest BCUT2D eigenvalue weighted by Gasteiger charge is 2.51. The zero-order valence-electron chi connectivity index (χ0n) is 26.8. The van der Waals surface area contributed by atoms with Gasteiger partial charge in [-0.05, 0) is 84.7 Å². The normalized spacial score (nSPS) is 27.1. The molecule has 2 aliphatic rings.